The molecule has 2 unspecified atom stereocenters. The molecule has 0 aromatic rings. The molecule has 0 saturated heterocycles. The number of carbonyl (C=O) groups is 2. The number of fused-ring (bicyclic) bond motifs is 1. The Morgan fingerprint density at radius 2 is 2.23 bits per heavy atom. The summed E-state index contributed by atoms with van der Waals surface area (Å²) < 4.78 is 0. The zero-order chi connectivity index (χ0) is 9.42. The van der Waals surface area contributed by atoms with E-state index in [-0.39, 0.29) is 17.6 Å². The highest BCUT2D eigenvalue weighted by molar-refractivity contribution is 5.99. The first kappa shape index (κ1) is 8.48. The molecular weight excluding hydrogens is 168 g/mol. The number of ketones is 1. The molecule has 2 aliphatic carbocycles. The van der Waals surface area contributed by atoms with E-state index in [1.807, 2.05) is 6.08 Å². The molecule has 1 N–H and O–H groups in total. The second-order valence-corrected chi connectivity index (χ2v) is 3.75. The summed E-state index contributed by atoms with van der Waals surface area (Å²) in [4.78, 5) is 22.2. The Labute approximate surface area is 76.4 Å². The van der Waals surface area contributed by atoms with Gasteiger partial charge in [-0.1, -0.05) is 6.08 Å². The highest BCUT2D eigenvalue weighted by atomic mass is 16.4. The fraction of sp³-hybridized carbons (Fsp3) is 0.600. The molecule has 0 radical (unpaired) electrons. The average Bonchev–Trinajstić information content (AvgIpc) is 2.48. The Hall–Kier alpha value is -1.12. The van der Waals surface area contributed by atoms with Crippen LogP contribution in [0.2, 0.25) is 0 Å². The summed E-state index contributed by atoms with van der Waals surface area (Å²) in [6, 6.07) is 0. The molecule has 1 fully saturated rings. The van der Waals surface area contributed by atoms with Gasteiger partial charge in [-0.05, 0) is 24.8 Å². The van der Waals surface area contributed by atoms with E-state index in [4.69, 9.17) is 5.11 Å². The van der Waals surface area contributed by atoms with Crippen molar-refractivity contribution in [3.63, 3.8) is 0 Å². The molecule has 2 aliphatic rings. The van der Waals surface area contributed by atoms with Crippen molar-refractivity contribution >= 4 is 11.8 Å². The minimum absolute atomic E-state index is 0.0127. The number of allylic oxidation sites excluding steroid dienone is 2. The Morgan fingerprint density at radius 3 is 2.92 bits per heavy atom. The van der Waals surface area contributed by atoms with E-state index in [1.165, 1.54) is 0 Å². The van der Waals surface area contributed by atoms with Gasteiger partial charge in [0.05, 0.1) is 5.92 Å². The minimum Gasteiger partial charge on any atom is -0.481 e. The maximum atomic E-state index is 11.3. The molecule has 2 atom stereocenters. The smallest absolute Gasteiger partial charge is 0.307 e. The lowest BCUT2D eigenvalue weighted by Crippen LogP contribution is -2.26. The third-order valence-electron chi connectivity index (χ3n) is 3.05. The summed E-state index contributed by atoms with van der Waals surface area (Å²) in [5.74, 6) is -0.883. The topological polar surface area (TPSA) is 54.4 Å². The largest absolute Gasteiger partial charge is 0.481 e. The quantitative estimate of drug-likeness (QED) is 0.663. The standard InChI is InChI=1S/C10H12O3/c11-9-5-4-6-7(9)2-1-3-8(6)10(12)13/h2,6,8H,1,3-5H2,(H,12,13). The van der Waals surface area contributed by atoms with Gasteiger partial charge in [0.1, 0.15) is 0 Å². The van der Waals surface area contributed by atoms with Crippen LogP contribution >= 0.6 is 0 Å². The fourth-order valence-electron chi connectivity index (χ4n) is 2.39. The van der Waals surface area contributed by atoms with Crippen LogP contribution in [0.1, 0.15) is 25.7 Å². The summed E-state index contributed by atoms with van der Waals surface area (Å²) in [7, 11) is 0. The van der Waals surface area contributed by atoms with Gasteiger partial charge in [-0.25, -0.2) is 0 Å². The van der Waals surface area contributed by atoms with Crippen molar-refractivity contribution in [1.29, 1.82) is 0 Å². The van der Waals surface area contributed by atoms with Gasteiger partial charge in [0, 0.05) is 12.3 Å². The molecule has 0 aromatic heterocycles. The zero-order valence-electron chi connectivity index (χ0n) is 7.32. The SMILES string of the molecule is O=C1CCC2C1=CCCC2C(=O)O. The maximum absolute atomic E-state index is 11.3. The number of carboxylic acid groups (broad SMARTS) is 1. The van der Waals surface area contributed by atoms with Crippen LogP contribution in [0.25, 0.3) is 0 Å². The number of rotatable bonds is 1. The first-order valence-electron chi connectivity index (χ1n) is 4.66. The van der Waals surface area contributed by atoms with Gasteiger partial charge in [0.25, 0.3) is 0 Å². The van der Waals surface area contributed by atoms with Crippen molar-refractivity contribution in [2.45, 2.75) is 25.7 Å². The normalized spacial score (nSPS) is 32.6. The fourth-order valence-corrected chi connectivity index (χ4v) is 2.39. The molecule has 70 valence electrons. The summed E-state index contributed by atoms with van der Waals surface area (Å²) in [6.07, 6.45) is 4.65. The minimum atomic E-state index is -0.745. The number of Topliss-reactive ketones (excluding diaryl/α,β-unsaturated/α-hetero) is 1. The second kappa shape index (κ2) is 2.98. The van der Waals surface area contributed by atoms with Crippen molar-refractivity contribution in [1.82, 2.24) is 0 Å². The Balaban J connectivity index is 2.26. The molecular formula is C10H12O3. The predicted octanol–water partition coefficient (Wildman–Crippen LogP) is 1.39. The van der Waals surface area contributed by atoms with Gasteiger partial charge in [-0.2, -0.15) is 0 Å². The number of carboxylic acids is 1. The maximum Gasteiger partial charge on any atom is 0.307 e. The highest BCUT2D eigenvalue weighted by Crippen LogP contribution is 2.39. The van der Waals surface area contributed by atoms with E-state index in [9.17, 15) is 9.59 Å². The zero-order valence-corrected chi connectivity index (χ0v) is 7.32. The van der Waals surface area contributed by atoms with E-state index in [2.05, 4.69) is 0 Å². The number of hydrogen-bond acceptors (Lipinski definition) is 2. The first-order valence-corrected chi connectivity index (χ1v) is 4.66. The Bertz CT molecular complexity index is 291. The summed E-state index contributed by atoms with van der Waals surface area (Å²) in [5.41, 5.74) is 0.790. The number of aliphatic carboxylic acids is 1. The molecule has 0 heterocycles. The molecule has 3 nitrogen and oxygen atoms in total. The van der Waals surface area contributed by atoms with Crippen molar-refractivity contribution in [3.05, 3.63) is 11.6 Å². The average molecular weight is 180 g/mol. The van der Waals surface area contributed by atoms with Crippen LogP contribution in [0.5, 0.6) is 0 Å². The van der Waals surface area contributed by atoms with Gasteiger partial charge >= 0.3 is 5.97 Å². The summed E-state index contributed by atoms with van der Waals surface area (Å²) >= 11 is 0. The molecule has 0 aliphatic heterocycles. The number of hydrogen-bond donors (Lipinski definition) is 1. The lowest BCUT2D eigenvalue weighted by Gasteiger charge is -2.23. The van der Waals surface area contributed by atoms with E-state index >= 15 is 0 Å². The van der Waals surface area contributed by atoms with E-state index in [0.717, 1.165) is 18.4 Å². The van der Waals surface area contributed by atoms with Gasteiger partial charge in [-0.3, -0.25) is 9.59 Å². The van der Waals surface area contributed by atoms with Crippen LogP contribution in [-0.2, 0) is 9.59 Å². The Morgan fingerprint density at radius 1 is 1.46 bits per heavy atom. The van der Waals surface area contributed by atoms with Crippen LogP contribution in [-0.4, -0.2) is 16.9 Å². The number of carbonyl (C=O) groups excluding carboxylic acids is 1. The lowest BCUT2D eigenvalue weighted by molar-refractivity contribution is -0.143. The van der Waals surface area contributed by atoms with E-state index in [0.29, 0.717) is 12.8 Å². The van der Waals surface area contributed by atoms with Crippen LogP contribution in [0, 0.1) is 11.8 Å². The van der Waals surface area contributed by atoms with E-state index < -0.39 is 5.97 Å². The third-order valence-corrected chi connectivity index (χ3v) is 3.05. The highest BCUT2D eigenvalue weighted by Gasteiger charge is 2.39. The van der Waals surface area contributed by atoms with Crippen molar-refractivity contribution in [2.24, 2.45) is 11.8 Å². The second-order valence-electron chi connectivity index (χ2n) is 3.75. The van der Waals surface area contributed by atoms with E-state index in [1.54, 1.807) is 0 Å². The van der Waals surface area contributed by atoms with Crippen molar-refractivity contribution < 1.29 is 14.7 Å². The van der Waals surface area contributed by atoms with Crippen LogP contribution in [0.3, 0.4) is 0 Å². The molecule has 0 bridgehead atoms. The van der Waals surface area contributed by atoms with Crippen molar-refractivity contribution in [3.8, 4) is 0 Å². The van der Waals surface area contributed by atoms with Crippen molar-refractivity contribution in [2.75, 3.05) is 0 Å². The Kier molecular flexibility index (Phi) is 1.94. The predicted molar refractivity (Wildman–Crippen MR) is 46.2 cm³/mol. The molecule has 1 saturated carbocycles. The van der Waals surface area contributed by atoms with Crippen LogP contribution < -0.4 is 0 Å². The molecule has 0 aromatic carbocycles. The first-order chi connectivity index (χ1) is 6.20. The van der Waals surface area contributed by atoms with Gasteiger partial charge in [-0.15, -0.1) is 0 Å². The van der Waals surface area contributed by atoms with Gasteiger partial charge in [0.2, 0.25) is 0 Å². The van der Waals surface area contributed by atoms with Gasteiger partial charge < -0.3 is 5.11 Å². The van der Waals surface area contributed by atoms with Crippen LogP contribution in [0.4, 0.5) is 0 Å². The summed E-state index contributed by atoms with van der Waals surface area (Å²) in [6.45, 7) is 0. The molecule has 13 heavy (non-hydrogen) atoms. The third kappa shape index (κ3) is 1.28. The summed E-state index contributed by atoms with van der Waals surface area (Å²) in [5, 5.41) is 8.93. The molecule has 0 spiro atoms. The molecule has 3 heteroatoms. The van der Waals surface area contributed by atoms with Gasteiger partial charge in [0.15, 0.2) is 5.78 Å². The van der Waals surface area contributed by atoms with Crippen LogP contribution in [0.15, 0.2) is 11.6 Å². The lowest BCUT2D eigenvalue weighted by atomic mass is 9.80. The molecule has 2 rings (SSSR count). The molecule has 0 amide bonds. The monoisotopic (exact) mass is 180 g/mol.